The van der Waals surface area contributed by atoms with Gasteiger partial charge >= 0.3 is 5.97 Å². The average Bonchev–Trinajstić information content (AvgIpc) is 2.81. The first-order valence-corrected chi connectivity index (χ1v) is 5.66. The maximum absolute atomic E-state index is 11.2. The van der Waals surface area contributed by atoms with Gasteiger partial charge < -0.3 is 19.8 Å². The van der Waals surface area contributed by atoms with E-state index < -0.39 is 0 Å². The lowest BCUT2D eigenvalue weighted by molar-refractivity contribution is 0.0594. The van der Waals surface area contributed by atoms with E-state index in [1.54, 1.807) is 13.2 Å². The fourth-order valence-electron chi connectivity index (χ4n) is 1.45. The van der Waals surface area contributed by atoms with Gasteiger partial charge in [-0.25, -0.2) is 4.79 Å². The summed E-state index contributed by atoms with van der Waals surface area (Å²) in [6.07, 6.45) is 0.959. The average molecular weight is 240 g/mol. The molecule has 96 valence electrons. The lowest BCUT2D eigenvalue weighted by atomic mass is 10.2. The van der Waals surface area contributed by atoms with Gasteiger partial charge in [-0.2, -0.15) is 0 Å². The highest BCUT2D eigenvalue weighted by Gasteiger charge is 2.08. The van der Waals surface area contributed by atoms with Gasteiger partial charge in [0.15, 0.2) is 0 Å². The Morgan fingerprint density at radius 3 is 2.88 bits per heavy atom. The number of methoxy groups -OCH3 is 2. The second-order valence-corrected chi connectivity index (χ2v) is 3.95. The minimum Gasteiger partial charge on any atom is -0.464 e. The summed E-state index contributed by atoms with van der Waals surface area (Å²) in [5.74, 6) is -0.344. The first-order chi connectivity index (χ1) is 8.17. The highest BCUT2D eigenvalue weighted by Crippen LogP contribution is 2.04. The lowest BCUT2D eigenvalue weighted by Gasteiger charge is -2.12. The summed E-state index contributed by atoms with van der Waals surface area (Å²) in [6, 6.07) is 3.98. The summed E-state index contributed by atoms with van der Waals surface area (Å²) < 4.78 is 9.63. The highest BCUT2D eigenvalue weighted by molar-refractivity contribution is 5.87. The summed E-state index contributed by atoms with van der Waals surface area (Å²) in [5, 5.41) is 3.34. The van der Waals surface area contributed by atoms with Crippen molar-refractivity contribution in [2.45, 2.75) is 25.9 Å². The van der Waals surface area contributed by atoms with Gasteiger partial charge in [0.25, 0.3) is 0 Å². The Morgan fingerprint density at radius 1 is 1.47 bits per heavy atom. The Hall–Kier alpha value is -1.33. The monoisotopic (exact) mass is 240 g/mol. The molecule has 5 nitrogen and oxygen atoms in total. The van der Waals surface area contributed by atoms with Gasteiger partial charge in [-0.3, -0.25) is 0 Å². The van der Waals surface area contributed by atoms with Crippen LogP contribution in [0.3, 0.4) is 0 Å². The number of carbonyl (C=O) groups is 1. The number of ether oxygens (including phenoxy) is 2. The van der Waals surface area contributed by atoms with Crippen molar-refractivity contribution < 1.29 is 14.3 Å². The molecule has 0 aliphatic carbocycles. The predicted octanol–water partition coefficient (Wildman–Crippen LogP) is 1.32. The first kappa shape index (κ1) is 13.7. The zero-order valence-electron chi connectivity index (χ0n) is 10.6. The third-order valence-electron chi connectivity index (χ3n) is 2.55. The summed E-state index contributed by atoms with van der Waals surface area (Å²) in [4.78, 5) is 14.2. The Balaban J connectivity index is 2.36. The van der Waals surface area contributed by atoms with E-state index >= 15 is 0 Å². The molecule has 0 fully saturated rings. The number of H-pyrrole nitrogens is 1. The maximum Gasteiger partial charge on any atom is 0.354 e. The van der Waals surface area contributed by atoms with Gasteiger partial charge in [0.2, 0.25) is 0 Å². The molecule has 1 unspecified atom stereocenters. The minimum absolute atomic E-state index is 0.344. The van der Waals surface area contributed by atoms with E-state index in [-0.39, 0.29) is 5.97 Å². The Morgan fingerprint density at radius 2 is 2.24 bits per heavy atom. The SMILES string of the molecule is COCCC(C)NCc1ccc(C(=O)OC)[nH]1. The van der Waals surface area contributed by atoms with Crippen LogP contribution in [0.4, 0.5) is 0 Å². The topological polar surface area (TPSA) is 63.4 Å². The van der Waals surface area contributed by atoms with Crippen LogP contribution in [-0.2, 0) is 16.0 Å². The number of rotatable bonds is 7. The fourth-order valence-corrected chi connectivity index (χ4v) is 1.45. The summed E-state index contributed by atoms with van der Waals surface area (Å²) in [7, 11) is 3.06. The van der Waals surface area contributed by atoms with E-state index in [2.05, 4.69) is 22.0 Å². The Labute approximate surface area is 101 Å². The Bertz CT molecular complexity index is 349. The first-order valence-electron chi connectivity index (χ1n) is 5.66. The van der Waals surface area contributed by atoms with Crippen LogP contribution < -0.4 is 5.32 Å². The van der Waals surface area contributed by atoms with Crippen molar-refractivity contribution in [2.75, 3.05) is 20.8 Å². The number of aromatic amines is 1. The number of aromatic nitrogens is 1. The molecule has 0 bridgehead atoms. The van der Waals surface area contributed by atoms with E-state index in [1.165, 1.54) is 7.11 Å². The molecule has 1 rings (SSSR count). The third-order valence-corrected chi connectivity index (χ3v) is 2.55. The highest BCUT2D eigenvalue weighted by atomic mass is 16.5. The lowest BCUT2D eigenvalue weighted by Crippen LogP contribution is -2.26. The third kappa shape index (κ3) is 4.58. The fraction of sp³-hybridized carbons (Fsp3) is 0.583. The molecule has 0 radical (unpaired) electrons. The molecule has 17 heavy (non-hydrogen) atoms. The van der Waals surface area contributed by atoms with Crippen LogP contribution in [0.5, 0.6) is 0 Å². The number of hydrogen-bond donors (Lipinski definition) is 2. The maximum atomic E-state index is 11.2. The van der Waals surface area contributed by atoms with Crippen LogP contribution in [0.25, 0.3) is 0 Å². The van der Waals surface area contributed by atoms with Crippen LogP contribution in [0.2, 0.25) is 0 Å². The minimum atomic E-state index is -0.344. The molecule has 1 atom stereocenters. The van der Waals surface area contributed by atoms with E-state index in [9.17, 15) is 4.79 Å². The molecule has 2 N–H and O–H groups in total. The van der Waals surface area contributed by atoms with Crippen LogP contribution in [0.1, 0.15) is 29.5 Å². The van der Waals surface area contributed by atoms with Crippen LogP contribution >= 0.6 is 0 Å². The normalized spacial score (nSPS) is 12.4. The molecule has 0 aliphatic heterocycles. The van der Waals surface area contributed by atoms with Gasteiger partial charge in [0.05, 0.1) is 7.11 Å². The Kier molecular flexibility index (Phi) is 5.72. The summed E-state index contributed by atoms with van der Waals surface area (Å²) in [6.45, 7) is 3.54. The van der Waals surface area contributed by atoms with Gasteiger partial charge in [0.1, 0.15) is 5.69 Å². The number of carbonyl (C=O) groups excluding carboxylic acids is 1. The van der Waals surface area contributed by atoms with Gasteiger partial charge in [-0.1, -0.05) is 0 Å². The molecule has 0 spiro atoms. The van der Waals surface area contributed by atoms with Crippen molar-refractivity contribution in [2.24, 2.45) is 0 Å². The molecule has 1 heterocycles. The zero-order valence-corrected chi connectivity index (χ0v) is 10.6. The van der Waals surface area contributed by atoms with Crippen molar-refractivity contribution in [1.82, 2.24) is 10.3 Å². The van der Waals surface area contributed by atoms with Gasteiger partial charge in [-0.15, -0.1) is 0 Å². The van der Waals surface area contributed by atoms with E-state index in [0.717, 1.165) is 18.7 Å². The number of nitrogens with one attached hydrogen (secondary N) is 2. The number of hydrogen-bond acceptors (Lipinski definition) is 4. The van der Waals surface area contributed by atoms with Crippen LogP contribution in [-0.4, -0.2) is 37.8 Å². The largest absolute Gasteiger partial charge is 0.464 e. The summed E-state index contributed by atoms with van der Waals surface area (Å²) >= 11 is 0. The van der Waals surface area contributed by atoms with Crippen LogP contribution in [0, 0.1) is 0 Å². The second-order valence-electron chi connectivity index (χ2n) is 3.95. The van der Waals surface area contributed by atoms with Crippen molar-refractivity contribution in [3.8, 4) is 0 Å². The molecule has 1 aromatic rings. The smallest absolute Gasteiger partial charge is 0.354 e. The molecule has 1 aromatic heterocycles. The van der Waals surface area contributed by atoms with Crippen molar-refractivity contribution in [3.05, 3.63) is 23.5 Å². The molecular formula is C12H20N2O3. The van der Waals surface area contributed by atoms with Gasteiger partial charge in [-0.05, 0) is 25.5 Å². The van der Waals surface area contributed by atoms with Crippen LogP contribution in [0.15, 0.2) is 12.1 Å². The number of esters is 1. The van der Waals surface area contributed by atoms with Crippen molar-refractivity contribution in [1.29, 1.82) is 0 Å². The molecule has 0 saturated carbocycles. The zero-order chi connectivity index (χ0) is 12.7. The van der Waals surface area contributed by atoms with Gasteiger partial charge in [0, 0.05) is 32.0 Å². The molecular weight excluding hydrogens is 220 g/mol. The predicted molar refractivity (Wildman–Crippen MR) is 64.9 cm³/mol. The molecule has 0 aliphatic rings. The second kappa shape index (κ2) is 7.09. The van der Waals surface area contributed by atoms with Crippen molar-refractivity contribution >= 4 is 5.97 Å². The van der Waals surface area contributed by atoms with E-state index in [4.69, 9.17) is 4.74 Å². The molecule has 0 aromatic carbocycles. The van der Waals surface area contributed by atoms with Crippen molar-refractivity contribution in [3.63, 3.8) is 0 Å². The molecule has 5 heteroatoms. The standard InChI is InChI=1S/C12H20N2O3/c1-9(6-7-16-2)13-8-10-4-5-11(14-10)12(15)17-3/h4-5,9,13-14H,6-8H2,1-3H3. The van der Waals surface area contributed by atoms with E-state index in [1.807, 2.05) is 6.07 Å². The quantitative estimate of drug-likeness (QED) is 0.705. The van der Waals surface area contributed by atoms with E-state index in [0.29, 0.717) is 18.3 Å². The molecule has 0 amide bonds. The molecule has 0 saturated heterocycles. The summed E-state index contributed by atoms with van der Waals surface area (Å²) in [5.41, 5.74) is 1.45.